The molecule has 2 aliphatic rings. The third-order valence-corrected chi connectivity index (χ3v) is 7.44. The van der Waals surface area contributed by atoms with Crippen molar-refractivity contribution in [3.63, 3.8) is 0 Å². The van der Waals surface area contributed by atoms with Crippen molar-refractivity contribution in [2.75, 3.05) is 26.2 Å². The van der Waals surface area contributed by atoms with Crippen LogP contribution in [0.3, 0.4) is 0 Å². The number of piperidine rings is 1. The van der Waals surface area contributed by atoms with E-state index in [1.54, 1.807) is 10.4 Å². The fourth-order valence-electron chi connectivity index (χ4n) is 3.91. The molecule has 3 rings (SSSR count). The maximum absolute atomic E-state index is 12.9. The van der Waals surface area contributed by atoms with Crippen LogP contribution in [0.25, 0.3) is 0 Å². The Hall–Kier alpha value is -0.910. The summed E-state index contributed by atoms with van der Waals surface area (Å²) in [5, 5.41) is 3.42. The van der Waals surface area contributed by atoms with E-state index in [-0.39, 0.29) is 0 Å². The lowest BCUT2D eigenvalue weighted by Gasteiger charge is -2.37. The molecule has 0 bridgehead atoms. The predicted octanol–water partition coefficient (Wildman–Crippen LogP) is 2.54. The molecule has 1 aromatic rings. The summed E-state index contributed by atoms with van der Waals surface area (Å²) >= 11 is 0. The standard InChI is InChI=1S/C17H26N2O2S/c1-15-5-2-3-6-16(15)22(20,21)19-13-4-7-17(10-14-19)8-11-18-12-9-17/h2-3,5-6,18H,4,7-14H2,1H3. The van der Waals surface area contributed by atoms with Crippen molar-refractivity contribution in [3.8, 4) is 0 Å². The second kappa shape index (κ2) is 6.30. The van der Waals surface area contributed by atoms with Crippen LogP contribution in [0.5, 0.6) is 0 Å². The van der Waals surface area contributed by atoms with Gasteiger partial charge >= 0.3 is 0 Å². The van der Waals surface area contributed by atoms with Crippen molar-refractivity contribution in [1.29, 1.82) is 0 Å². The number of nitrogens with one attached hydrogen (secondary N) is 1. The van der Waals surface area contributed by atoms with Gasteiger partial charge in [0.25, 0.3) is 0 Å². The summed E-state index contributed by atoms with van der Waals surface area (Å²) in [4.78, 5) is 0.469. The average Bonchev–Trinajstić information content (AvgIpc) is 2.72. The molecule has 2 fully saturated rings. The van der Waals surface area contributed by atoms with E-state index in [1.165, 1.54) is 12.8 Å². The van der Waals surface area contributed by atoms with Gasteiger partial charge in [0, 0.05) is 13.1 Å². The lowest BCUT2D eigenvalue weighted by Crippen LogP contribution is -2.38. The van der Waals surface area contributed by atoms with Gasteiger partial charge in [-0.1, -0.05) is 18.2 Å². The Morgan fingerprint density at radius 1 is 1.05 bits per heavy atom. The molecule has 1 spiro atoms. The molecule has 122 valence electrons. The quantitative estimate of drug-likeness (QED) is 0.910. The summed E-state index contributed by atoms with van der Waals surface area (Å²) in [6, 6.07) is 7.31. The second-order valence-corrected chi connectivity index (χ2v) is 8.68. The lowest BCUT2D eigenvalue weighted by atomic mass is 9.73. The highest BCUT2D eigenvalue weighted by molar-refractivity contribution is 7.89. The maximum Gasteiger partial charge on any atom is 0.243 e. The fraction of sp³-hybridized carbons (Fsp3) is 0.647. The molecule has 0 aromatic heterocycles. The molecule has 2 saturated heterocycles. The van der Waals surface area contributed by atoms with Crippen molar-refractivity contribution in [1.82, 2.24) is 9.62 Å². The van der Waals surface area contributed by atoms with E-state index in [2.05, 4.69) is 5.32 Å². The van der Waals surface area contributed by atoms with E-state index < -0.39 is 10.0 Å². The second-order valence-electron chi connectivity index (χ2n) is 6.77. The third-order valence-electron chi connectivity index (χ3n) is 5.38. The summed E-state index contributed by atoms with van der Waals surface area (Å²) in [6.07, 6.45) is 5.51. The van der Waals surface area contributed by atoms with Gasteiger partial charge in [0.05, 0.1) is 4.90 Å². The van der Waals surface area contributed by atoms with Crippen LogP contribution >= 0.6 is 0 Å². The number of hydrogen-bond donors (Lipinski definition) is 1. The highest BCUT2D eigenvalue weighted by atomic mass is 32.2. The highest BCUT2D eigenvalue weighted by Gasteiger charge is 2.36. The van der Waals surface area contributed by atoms with Gasteiger partial charge in [-0.05, 0) is 69.2 Å². The van der Waals surface area contributed by atoms with Crippen molar-refractivity contribution in [3.05, 3.63) is 29.8 Å². The van der Waals surface area contributed by atoms with Gasteiger partial charge in [0.1, 0.15) is 0 Å². The van der Waals surface area contributed by atoms with Gasteiger partial charge in [-0.3, -0.25) is 0 Å². The molecule has 0 radical (unpaired) electrons. The predicted molar refractivity (Wildman–Crippen MR) is 88.3 cm³/mol. The largest absolute Gasteiger partial charge is 0.317 e. The van der Waals surface area contributed by atoms with Gasteiger partial charge in [-0.2, -0.15) is 4.31 Å². The van der Waals surface area contributed by atoms with E-state index in [9.17, 15) is 8.42 Å². The molecule has 0 amide bonds. The summed E-state index contributed by atoms with van der Waals surface area (Å²) < 4.78 is 27.6. The Balaban J connectivity index is 1.79. The van der Waals surface area contributed by atoms with E-state index in [4.69, 9.17) is 0 Å². The number of benzene rings is 1. The molecule has 2 aliphatic heterocycles. The monoisotopic (exact) mass is 322 g/mol. The number of nitrogens with zero attached hydrogens (tertiary/aromatic N) is 1. The van der Waals surface area contributed by atoms with Crippen LogP contribution in [0.4, 0.5) is 0 Å². The number of aryl methyl sites for hydroxylation is 1. The molecule has 2 heterocycles. The normalized spacial score (nSPS) is 23.3. The smallest absolute Gasteiger partial charge is 0.243 e. The molecule has 1 aromatic carbocycles. The van der Waals surface area contributed by atoms with Crippen molar-refractivity contribution < 1.29 is 8.42 Å². The molecular weight excluding hydrogens is 296 g/mol. The van der Waals surface area contributed by atoms with Gasteiger partial charge < -0.3 is 5.32 Å². The molecule has 1 N–H and O–H groups in total. The highest BCUT2D eigenvalue weighted by Crippen LogP contribution is 2.40. The number of hydrogen-bond acceptors (Lipinski definition) is 3. The first-order valence-corrected chi connectivity index (χ1v) is 9.74. The summed E-state index contributed by atoms with van der Waals surface area (Å²) in [6.45, 7) is 5.34. The van der Waals surface area contributed by atoms with E-state index >= 15 is 0 Å². The van der Waals surface area contributed by atoms with Crippen LogP contribution in [0, 0.1) is 12.3 Å². The number of sulfonamides is 1. The zero-order chi connectivity index (χ0) is 15.6. The van der Waals surface area contributed by atoms with E-state index in [1.807, 2.05) is 25.1 Å². The Morgan fingerprint density at radius 3 is 2.50 bits per heavy atom. The minimum atomic E-state index is -3.35. The lowest BCUT2D eigenvalue weighted by molar-refractivity contribution is 0.175. The zero-order valence-corrected chi connectivity index (χ0v) is 14.2. The van der Waals surface area contributed by atoms with Crippen LogP contribution in [0.15, 0.2) is 29.2 Å². The minimum absolute atomic E-state index is 0.362. The SMILES string of the molecule is Cc1ccccc1S(=O)(=O)N1CCCC2(CCNCC2)CC1. The molecule has 0 aliphatic carbocycles. The first-order chi connectivity index (χ1) is 10.5. The Kier molecular flexibility index (Phi) is 4.57. The minimum Gasteiger partial charge on any atom is -0.317 e. The Morgan fingerprint density at radius 2 is 1.77 bits per heavy atom. The van der Waals surface area contributed by atoms with Crippen LogP contribution < -0.4 is 5.32 Å². The van der Waals surface area contributed by atoms with Gasteiger partial charge in [-0.25, -0.2) is 8.42 Å². The first-order valence-electron chi connectivity index (χ1n) is 8.30. The van der Waals surface area contributed by atoms with E-state index in [0.29, 0.717) is 23.4 Å². The van der Waals surface area contributed by atoms with Crippen LogP contribution in [-0.2, 0) is 10.0 Å². The van der Waals surface area contributed by atoms with Crippen molar-refractivity contribution in [2.45, 2.75) is 43.9 Å². The van der Waals surface area contributed by atoms with Gasteiger partial charge in [0.15, 0.2) is 0 Å². The maximum atomic E-state index is 12.9. The van der Waals surface area contributed by atoms with Gasteiger partial charge in [0.2, 0.25) is 10.0 Å². The number of rotatable bonds is 2. The molecule has 5 heteroatoms. The molecule has 0 saturated carbocycles. The van der Waals surface area contributed by atoms with Gasteiger partial charge in [-0.15, -0.1) is 0 Å². The summed E-state index contributed by atoms with van der Waals surface area (Å²) in [7, 11) is -3.35. The van der Waals surface area contributed by atoms with Crippen LogP contribution in [0.1, 0.15) is 37.7 Å². The molecule has 0 atom stereocenters. The molecule has 22 heavy (non-hydrogen) atoms. The van der Waals surface area contributed by atoms with Crippen molar-refractivity contribution in [2.24, 2.45) is 5.41 Å². The van der Waals surface area contributed by atoms with E-state index in [0.717, 1.165) is 37.9 Å². The third kappa shape index (κ3) is 3.07. The Labute approximate surface area is 134 Å². The summed E-state index contributed by atoms with van der Waals surface area (Å²) in [5.41, 5.74) is 1.20. The average molecular weight is 322 g/mol. The Bertz CT molecular complexity index is 621. The van der Waals surface area contributed by atoms with Crippen LogP contribution in [-0.4, -0.2) is 38.9 Å². The summed E-state index contributed by atoms with van der Waals surface area (Å²) in [5.74, 6) is 0. The molecule has 0 unspecified atom stereocenters. The fourth-order valence-corrected chi connectivity index (χ4v) is 5.62. The first kappa shape index (κ1) is 16.0. The van der Waals surface area contributed by atoms with Crippen molar-refractivity contribution >= 4 is 10.0 Å². The molecule has 4 nitrogen and oxygen atoms in total. The zero-order valence-electron chi connectivity index (χ0n) is 13.3. The molecular formula is C17H26N2O2S. The topological polar surface area (TPSA) is 49.4 Å². The van der Waals surface area contributed by atoms with Crippen LogP contribution in [0.2, 0.25) is 0 Å².